The average molecular weight is 257 g/mol. The van der Waals surface area contributed by atoms with Crippen LogP contribution >= 0.6 is 0 Å². The number of benzene rings is 2. The summed E-state index contributed by atoms with van der Waals surface area (Å²) in [6, 6.07) is 14.3. The summed E-state index contributed by atoms with van der Waals surface area (Å²) in [6.07, 6.45) is 2.31. The van der Waals surface area contributed by atoms with Crippen molar-refractivity contribution >= 4 is 5.69 Å². The van der Waals surface area contributed by atoms with Crippen LogP contribution < -0.4 is 9.64 Å². The first kappa shape index (κ1) is 12.0. The highest BCUT2D eigenvalue weighted by Gasteiger charge is 2.17. The minimum absolute atomic E-state index is 0.220. The van der Waals surface area contributed by atoms with Crippen LogP contribution in [0.25, 0.3) is 0 Å². The number of para-hydroxylation sites is 1. The van der Waals surface area contributed by atoms with E-state index < -0.39 is 0 Å². The fraction of sp³-hybridized carbons (Fsp3) is 0.250. The topological polar surface area (TPSA) is 12.5 Å². The highest BCUT2D eigenvalue weighted by Crippen LogP contribution is 2.34. The molecule has 0 radical (unpaired) electrons. The van der Waals surface area contributed by atoms with Crippen LogP contribution in [0.1, 0.15) is 12.8 Å². The van der Waals surface area contributed by atoms with E-state index in [1.54, 1.807) is 12.1 Å². The smallest absolute Gasteiger partial charge is 0.150 e. The minimum atomic E-state index is -0.220. The molecule has 0 unspecified atom stereocenters. The largest absolute Gasteiger partial charge is 0.455 e. The molecule has 0 bridgehead atoms. The molecule has 1 saturated heterocycles. The molecule has 1 aliphatic rings. The number of hydrogen-bond acceptors (Lipinski definition) is 2. The van der Waals surface area contributed by atoms with Gasteiger partial charge in [-0.1, -0.05) is 18.2 Å². The zero-order valence-corrected chi connectivity index (χ0v) is 10.7. The van der Waals surface area contributed by atoms with Gasteiger partial charge in [-0.3, -0.25) is 0 Å². The Balaban J connectivity index is 1.91. The molecule has 98 valence electrons. The standard InChI is InChI=1S/C16H16FNO/c17-13-8-9-16(19-14-6-2-1-3-7-14)15(12-13)18-10-4-5-11-18/h1-3,6-9,12H,4-5,10-11H2. The van der Waals surface area contributed by atoms with E-state index in [1.165, 1.54) is 6.07 Å². The Bertz CT molecular complexity index is 550. The van der Waals surface area contributed by atoms with Crippen molar-refractivity contribution in [3.63, 3.8) is 0 Å². The van der Waals surface area contributed by atoms with E-state index in [1.807, 2.05) is 30.3 Å². The highest BCUT2D eigenvalue weighted by molar-refractivity contribution is 5.60. The third kappa shape index (κ3) is 2.70. The maximum Gasteiger partial charge on any atom is 0.150 e. The van der Waals surface area contributed by atoms with Crippen LogP contribution in [0, 0.1) is 5.82 Å². The second kappa shape index (κ2) is 5.31. The Morgan fingerprint density at radius 3 is 2.42 bits per heavy atom. The Labute approximate surface area is 112 Å². The van der Waals surface area contributed by atoms with Gasteiger partial charge in [-0.05, 0) is 37.1 Å². The predicted molar refractivity (Wildman–Crippen MR) is 74.4 cm³/mol. The third-order valence-electron chi connectivity index (χ3n) is 3.34. The van der Waals surface area contributed by atoms with Gasteiger partial charge >= 0.3 is 0 Å². The van der Waals surface area contributed by atoms with Gasteiger partial charge in [0.1, 0.15) is 11.6 Å². The molecule has 3 rings (SSSR count). The molecule has 19 heavy (non-hydrogen) atoms. The van der Waals surface area contributed by atoms with Gasteiger partial charge in [0.05, 0.1) is 5.69 Å². The maximum atomic E-state index is 13.5. The van der Waals surface area contributed by atoms with Gasteiger partial charge in [-0.15, -0.1) is 0 Å². The summed E-state index contributed by atoms with van der Waals surface area (Å²) in [5, 5.41) is 0. The summed E-state index contributed by atoms with van der Waals surface area (Å²) >= 11 is 0. The van der Waals surface area contributed by atoms with Crippen molar-refractivity contribution in [2.75, 3.05) is 18.0 Å². The fourth-order valence-electron chi connectivity index (χ4n) is 2.40. The first-order chi connectivity index (χ1) is 9.33. The molecule has 0 aromatic heterocycles. The SMILES string of the molecule is Fc1ccc(Oc2ccccc2)c(N2CCCC2)c1. The van der Waals surface area contributed by atoms with E-state index in [0.717, 1.165) is 43.1 Å². The van der Waals surface area contributed by atoms with E-state index >= 15 is 0 Å². The van der Waals surface area contributed by atoms with Crippen LogP contribution in [0.5, 0.6) is 11.5 Å². The van der Waals surface area contributed by atoms with Crippen molar-refractivity contribution in [1.82, 2.24) is 0 Å². The Morgan fingerprint density at radius 1 is 0.947 bits per heavy atom. The van der Waals surface area contributed by atoms with E-state index in [9.17, 15) is 4.39 Å². The van der Waals surface area contributed by atoms with Crippen LogP contribution in [-0.2, 0) is 0 Å². The first-order valence-electron chi connectivity index (χ1n) is 6.60. The normalized spacial score (nSPS) is 14.7. The van der Waals surface area contributed by atoms with Gasteiger partial charge in [-0.2, -0.15) is 0 Å². The van der Waals surface area contributed by atoms with Crippen LogP contribution in [0.3, 0.4) is 0 Å². The quantitative estimate of drug-likeness (QED) is 0.816. The van der Waals surface area contributed by atoms with Gasteiger partial charge in [0.15, 0.2) is 5.75 Å². The lowest BCUT2D eigenvalue weighted by molar-refractivity contribution is 0.480. The molecular formula is C16H16FNO. The molecule has 1 heterocycles. The van der Waals surface area contributed by atoms with Gasteiger partial charge in [0, 0.05) is 19.2 Å². The predicted octanol–water partition coefficient (Wildman–Crippen LogP) is 4.22. The monoisotopic (exact) mass is 257 g/mol. The Morgan fingerprint density at radius 2 is 1.68 bits per heavy atom. The average Bonchev–Trinajstić information content (AvgIpc) is 2.96. The Kier molecular flexibility index (Phi) is 3.36. The summed E-state index contributed by atoms with van der Waals surface area (Å²) in [4.78, 5) is 2.18. The molecule has 0 spiro atoms. The molecule has 0 amide bonds. The summed E-state index contributed by atoms with van der Waals surface area (Å²) < 4.78 is 19.3. The molecule has 2 nitrogen and oxygen atoms in total. The number of rotatable bonds is 3. The van der Waals surface area contributed by atoms with E-state index in [-0.39, 0.29) is 5.82 Å². The lowest BCUT2D eigenvalue weighted by Crippen LogP contribution is -2.18. The van der Waals surface area contributed by atoms with Crippen LogP contribution in [0.4, 0.5) is 10.1 Å². The highest BCUT2D eigenvalue weighted by atomic mass is 19.1. The molecule has 0 aliphatic carbocycles. The third-order valence-corrected chi connectivity index (χ3v) is 3.34. The van der Waals surface area contributed by atoms with Crippen molar-refractivity contribution in [1.29, 1.82) is 0 Å². The van der Waals surface area contributed by atoms with Crippen molar-refractivity contribution in [2.24, 2.45) is 0 Å². The van der Waals surface area contributed by atoms with Crippen LogP contribution in [-0.4, -0.2) is 13.1 Å². The summed E-state index contributed by atoms with van der Waals surface area (Å²) in [6.45, 7) is 1.93. The summed E-state index contributed by atoms with van der Waals surface area (Å²) in [5.74, 6) is 1.27. The molecule has 0 atom stereocenters. The molecular weight excluding hydrogens is 241 g/mol. The fourth-order valence-corrected chi connectivity index (χ4v) is 2.40. The van der Waals surface area contributed by atoms with Crippen molar-refractivity contribution < 1.29 is 9.13 Å². The van der Waals surface area contributed by atoms with Gasteiger partial charge in [0.2, 0.25) is 0 Å². The van der Waals surface area contributed by atoms with E-state index in [4.69, 9.17) is 4.74 Å². The zero-order chi connectivity index (χ0) is 13.1. The van der Waals surface area contributed by atoms with Crippen LogP contribution in [0.2, 0.25) is 0 Å². The number of halogens is 1. The van der Waals surface area contributed by atoms with Crippen molar-refractivity contribution in [3.8, 4) is 11.5 Å². The first-order valence-corrected chi connectivity index (χ1v) is 6.60. The Hall–Kier alpha value is -2.03. The lowest BCUT2D eigenvalue weighted by Gasteiger charge is -2.21. The molecule has 2 aromatic carbocycles. The second-order valence-corrected chi connectivity index (χ2v) is 4.72. The van der Waals surface area contributed by atoms with E-state index in [0.29, 0.717) is 0 Å². The molecule has 1 fully saturated rings. The second-order valence-electron chi connectivity index (χ2n) is 4.72. The molecule has 2 aromatic rings. The van der Waals surface area contributed by atoms with E-state index in [2.05, 4.69) is 4.90 Å². The molecule has 0 N–H and O–H groups in total. The van der Waals surface area contributed by atoms with Gasteiger partial charge in [-0.25, -0.2) is 4.39 Å². The molecule has 0 saturated carbocycles. The summed E-state index contributed by atoms with van der Waals surface area (Å²) in [5.41, 5.74) is 0.848. The number of nitrogens with zero attached hydrogens (tertiary/aromatic N) is 1. The molecule has 1 aliphatic heterocycles. The number of hydrogen-bond donors (Lipinski definition) is 0. The van der Waals surface area contributed by atoms with Crippen LogP contribution in [0.15, 0.2) is 48.5 Å². The maximum absolute atomic E-state index is 13.5. The van der Waals surface area contributed by atoms with Gasteiger partial charge < -0.3 is 9.64 Å². The molecule has 3 heteroatoms. The van der Waals surface area contributed by atoms with Crippen molar-refractivity contribution in [2.45, 2.75) is 12.8 Å². The number of ether oxygens (including phenoxy) is 1. The lowest BCUT2D eigenvalue weighted by atomic mass is 10.2. The van der Waals surface area contributed by atoms with Gasteiger partial charge in [0.25, 0.3) is 0 Å². The minimum Gasteiger partial charge on any atom is -0.455 e. The van der Waals surface area contributed by atoms with Crippen molar-refractivity contribution in [3.05, 3.63) is 54.3 Å². The number of anilines is 1. The summed E-state index contributed by atoms with van der Waals surface area (Å²) in [7, 11) is 0. The zero-order valence-electron chi connectivity index (χ0n) is 10.7.